The third-order valence-corrected chi connectivity index (χ3v) is 3.72. The van der Waals surface area contributed by atoms with Gasteiger partial charge in [-0.1, -0.05) is 18.1 Å². The van der Waals surface area contributed by atoms with Gasteiger partial charge in [0.05, 0.1) is 0 Å². The first-order chi connectivity index (χ1) is 10.2. The summed E-state index contributed by atoms with van der Waals surface area (Å²) < 4.78 is 4.31. The summed E-state index contributed by atoms with van der Waals surface area (Å²) in [4.78, 5) is 10.7. The van der Waals surface area contributed by atoms with Gasteiger partial charge in [0.1, 0.15) is 11.7 Å². The number of nitrogens with two attached hydrogens (primary N) is 1. The molecule has 2 aromatic heterocycles. The van der Waals surface area contributed by atoms with E-state index in [1.54, 1.807) is 6.20 Å². The fourth-order valence-electron chi connectivity index (χ4n) is 1.77. The number of anilines is 1. The quantitative estimate of drug-likeness (QED) is 0.349. The molecule has 0 aliphatic carbocycles. The molecular weight excluding hydrogens is 288 g/mol. The Kier molecular flexibility index (Phi) is 5.44. The lowest BCUT2D eigenvalue weighted by Crippen LogP contribution is -2.27. The monoisotopic (exact) mass is 306 g/mol. The number of hydrogen-bond acceptors (Lipinski definition) is 7. The van der Waals surface area contributed by atoms with Crippen molar-refractivity contribution in [3.8, 4) is 0 Å². The molecule has 0 fully saturated rings. The Morgan fingerprint density at radius 3 is 3.00 bits per heavy atom. The average Bonchev–Trinajstić information content (AvgIpc) is 3.01. The Labute approximate surface area is 127 Å². The molecule has 0 radical (unpaired) electrons. The fraction of sp³-hybridized carbons (Fsp3) is 0.385. The summed E-state index contributed by atoms with van der Waals surface area (Å²) in [6.07, 6.45) is 4.82. The molecule has 0 saturated heterocycles. The first-order valence-corrected chi connectivity index (χ1v) is 7.43. The second-order valence-electron chi connectivity index (χ2n) is 4.47. The van der Waals surface area contributed by atoms with E-state index in [1.807, 2.05) is 25.3 Å². The highest BCUT2D eigenvalue weighted by atomic mass is 32.1. The Bertz CT molecular complexity index is 585. The van der Waals surface area contributed by atoms with E-state index in [2.05, 4.69) is 24.4 Å². The number of rotatable bonds is 7. The van der Waals surface area contributed by atoms with Gasteiger partial charge in [-0.2, -0.15) is 4.37 Å². The highest BCUT2D eigenvalue weighted by Crippen LogP contribution is 2.20. The molecule has 0 amide bonds. The summed E-state index contributed by atoms with van der Waals surface area (Å²) in [5.41, 5.74) is 6.63. The first-order valence-electron chi connectivity index (χ1n) is 6.65. The van der Waals surface area contributed by atoms with E-state index in [1.165, 1.54) is 11.5 Å². The summed E-state index contributed by atoms with van der Waals surface area (Å²) >= 11 is 1.36. The fourth-order valence-corrected chi connectivity index (χ4v) is 2.55. The highest BCUT2D eigenvalue weighted by Gasteiger charge is 2.13. The molecule has 8 heteroatoms. The minimum absolute atomic E-state index is 0.200. The highest BCUT2D eigenvalue weighted by molar-refractivity contribution is 7.09. The second-order valence-corrected chi connectivity index (χ2v) is 5.20. The van der Waals surface area contributed by atoms with Crippen molar-refractivity contribution in [3.63, 3.8) is 0 Å². The van der Waals surface area contributed by atoms with Crippen molar-refractivity contribution in [2.24, 2.45) is 10.9 Å². The first kappa shape index (κ1) is 15.2. The van der Waals surface area contributed by atoms with E-state index >= 15 is 0 Å². The number of aryl methyl sites for hydroxylation is 1. The van der Waals surface area contributed by atoms with Gasteiger partial charge in [0.2, 0.25) is 5.13 Å². The molecule has 0 aromatic carbocycles. The largest absolute Gasteiger partial charge is 0.409 e. The lowest BCUT2D eigenvalue weighted by atomic mass is 10.2. The molecule has 0 aliphatic heterocycles. The molecule has 2 rings (SSSR count). The number of pyridine rings is 1. The van der Waals surface area contributed by atoms with Gasteiger partial charge in [-0.15, -0.1) is 0 Å². The van der Waals surface area contributed by atoms with Crippen LogP contribution in [0.15, 0.2) is 29.7 Å². The summed E-state index contributed by atoms with van der Waals surface area (Å²) in [7, 11) is 0. The molecule has 0 saturated carbocycles. The average molecular weight is 306 g/mol. The van der Waals surface area contributed by atoms with Gasteiger partial charge in [0.15, 0.2) is 0 Å². The standard InChI is InChI=1S/C13H18N6OS/c1-2-12-16-13(21-18-12)19(7-5-11(14)17-20)9-10-4-3-6-15-8-10/h3-4,6,8,20H,2,5,7,9H2,1H3,(H2,14,17). The molecule has 2 aromatic rings. The Hall–Kier alpha value is -2.22. The predicted molar refractivity (Wildman–Crippen MR) is 82.6 cm³/mol. The van der Waals surface area contributed by atoms with E-state index in [0.717, 1.165) is 22.9 Å². The molecular formula is C13H18N6OS. The summed E-state index contributed by atoms with van der Waals surface area (Å²) in [6.45, 7) is 3.28. The van der Waals surface area contributed by atoms with Crippen LogP contribution in [0, 0.1) is 0 Å². The van der Waals surface area contributed by atoms with E-state index < -0.39 is 0 Å². The van der Waals surface area contributed by atoms with Gasteiger partial charge in [-0.05, 0) is 11.6 Å². The number of amidine groups is 1. The van der Waals surface area contributed by atoms with Crippen LogP contribution >= 0.6 is 11.5 Å². The topological polar surface area (TPSA) is 101 Å². The molecule has 7 nitrogen and oxygen atoms in total. The molecule has 0 atom stereocenters. The lowest BCUT2D eigenvalue weighted by molar-refractivity contribution is 0.317. The maximum absolute atomic E-state index is 8.66. The molecule has 112 valence electrons. The van der Waals surface area contributed by atoms with E-state index in [9.17, 15) is 0 Å². The van der Waals surface area contributed by atoms with Gasteiger partial charge in [-0.25, -0.2) is 4.98 Å². The van der Waals surface area contributed by atoms with Gasteiger partial charge in [-0.3, -0.25) is 4.98 Å². The SMILES string of the molecule is CCc1nsc(N(CCC(N)=NO)Cc2cccnc2)n1. The van der Waals surface area contributed by atoms with Crippen LogP contribution in [-0.4, -0.2) is 31.9 Å². The minimum Gasteiger partial charge on any atom is -0.409 e. The molecule has 0 spiro atoms. The van der Waals surface area contributed by atoms with Crippen LogP contribution in [0.3, 0.4) is 0 Å². The van der Waals surface area contributed by atoms with Crippen LogP contribution in [0.5, 0.6) is 0 Å². The smallest absolute Gasteiger partial charge is 0.205 e. The number of oxime groups is 1. The van der Waals surface area contributed by atoms with Crippen molar-refractivity contribution in [1.82, 2.24) is 14.3 Å². The molecule has 21 heavy (non-hydrogen) atoms. The van der Waals surface area contributed by atoms with Gasteiger partial charge in [0, 0.05) is 49.9 Å². The van der Waals surface area contributed by atoms with Crippen LogP contribution < -0.4 is 10.6 Å². The summed E-state index contributed by atoms with van der Waals surface area (Å²) in [5, 5.41) is 12.5. The molecule has 3 N–H and O–H groups in total. The number of nitrogens with zero attached hydrogens (tertiary/aromatic N) is 5. The number of hydrogen-bond donors (Lipinski definition) is 2. The van der Waals surface area contributed by atoms with Gasteiger partial charge >= 0.3 is 0 Å². The maximum Gasteiger partial charge on any atom is 0.205 e. The second kappa shape index (κ2) is 7.53. The van der Waals surface area contributed by atoms with Crippen LogP contribution in [0.25, 0.3) is 0 Å². The third-order valence-electron chi connectivity index (χ3n) is 2.91. The Morgan fingerprint density at radius 1 is 1.52 bits per heavy atom. The van der Waals surface area contributed by atoms with Gasteiger partial charge in [0.25, 0.3) is 0 Å². The van der Waals surface area contributed by atoms with E-state index in [0.29, 0.717) is 19.5 Å². The normalized spacial score (nSPS) is 11.6. The van der Waals surface area contributed by atoms with E-state index in [-0.39, 0.29) is 5.84 Å². The van der Waals surface area contributed by atoms with Crippen molar-refractivity contribution < 1.29 is 5.21 Å². The molecule has 0 bridgehead atoms. The summed E-state index contributed by atoms with van der Waals surface area (Å²) in [5.74, 6) is 1.03. The Balaban J connectivity index is 2.13. The zero-order chi connectivity index (χ0) is 15.1. The van der Waals surface area contributed by atoms with Crippen molar-refractivity contribution in [1.29, 1.82) is 0 Å². The molecule has 0 aliphatic rings. The van der Waals surface area contributed by atoms with Crippen LogP contribution in [0.4, 0.5) is 5.13 Å². The van der Waals surface area contributed by atoms with Crippen LogP contribution in [0.2, 0.25) is 0 Å². The van der Waals surface area contributed by atoms with Crippen LogP contribution in [0.1, 0.15) is 24.7 Å². The summed E-state index contributed by atoms with van der Waals surface area (Å²) in [6, 6.07) is 3.90. The lowest BCUT2D eigenvalue weighted by Gasteiger charge is -2.21. The zero-order valence-corrected chi connectivity index (χ0v) is 12.6. The molecule has 2 heterocycles. The molecule has 0 unspecified atom stereocenters. The number of aromatic nitrogens is 3. The third kappa shape index (κ3) is 4.38. The Morgan fingerprint density at radius 2 is 2.38 bits per heavy atom. The van der Waals surface area contributed by atoms with Crippen molar-refractivity contribution >= 4 is 22.5 Å². The zero-order valence-electron chi connectivity index (χ0n) is 11.8. The van der Waals surface area contributed by atoms with Gasteiger partial charge < -0.3 is 15.8 Å². The minimum atomic E-state index is 0.200. The van der Waals surface area contributed by atoms with Crippen molar-refractivity contribution in [2.45, 2.75) is 26.3 Å². The van der Waals surface area contributed by atoms with Crippen molar-refractivity contribution in [2.75, 3.05) is 11.4 Å². The van der Waals surface area contributed by atoms with Crippen LogP contribution in [-0.2, 0) is 13.0 Å². The predicted octanol–water partition coefficient (Wildman–Crippen LogP) is 1.64. The maximum atomic E-state index is 8.66. The van der Waals surface area contributed by atoms with Crippen molar-refractivity contribution in [3.05, 3.63) is 35.9 Å². The van der Waals surface area contributed by atoms with E-state index in [4.69, 9.17) is 10.9 Å².